The monoisotopic (exact) mass is 959 g/mol. The predicted molar refractivity (Wildman–Crippen MR) is 238 cm³/mol. The molecular formula is C53H48FIrN3O-2. The van der Waals surface area contributed by atoms with Crippen molar-refractivity contribution in [3.63, 3.8) is 0 Å². The van der Waals surface area contributed by atoms with Crippen LogP contribution in [0.3, 0.4) is 0 Å². The molecule has 299 valence electrons. The van der Waals surface area contributed by atoms with E-state index in [-0.39, 0.29) is 36.9 Å². The van der Waals surface area contributed by atoms with Crippen LogP contribution in [0.25, 0.3) is 72.4 Å². The first-order chi connectivity index (χ1) is 29.7. The first kappa shape index (κ1) is 35.3. The summed E-state index contributed by atoms with van der Waals surface area (Å²) in [4.78, 5) is 9.50. The number of rotatable bonds is 6. The maximum atomic E-state index is 12.8. The number of aryl methyl sites for hydroxylation is 1. The number of hydrogen-bond donors (Lipinski definition) is 0. The molecule has 6 aromatic carbocycles. The topological polar surface area (TPSA) is 43.9 Å². The van der Waals surface area contributed by atoms with Crippen LogP contribution >= 0.6 is 0 Å². The molecule has 6 heteroatoms. The fourth-order valence-corrected chi connectivity index (χ4v) is 7.35. The van der Waals surface area contributed by atoms with Crippen LogP contribution < -0.4 is 0 Å². The van der Waals surface area contributed by atoms with Crippen LogP contribution in [-0.4, -0.2) is 14.5 Å². The number of para-hydroxylation sites is 3. The van der Waals surface area contributed by atoms with Gasteiger partial charge in [0.05, 0.1) is 22.4 Å². The molecule has 0 aliphatic heterocycles. The molecule has 4 nitrogen and oxygen atoms in total. The molecule has 9 aromatic rings. The zero-order chi connectivity index (χ0) is 45.1. The van der Waals surface area contributed by atoms with Crippen LogP contribution in [0.2, 0.25) is 0 Å². The van der Waals surface area contributed by atoms with E-state index in [1.807, 2.05) is 136 Å². The molecule has 0 saturated carbocycles. The Balaban J connectivity index is 0.000000286. The summed E-state index contributed by atoms with van der Waals surface area (Å²) in [6, 6.07) is 45.4. The van der Waals surface area contributed by atoms with Gasteiger partial charge >= 0.3 is 0 Å². The number of fused-ring (bicyclic) bond motifs is 4. The summed E-state index contributed by atoms with van der Waals surface area (Å²) in [5.74, 6) is -1.91. The minimum Gasteiger partial charge on any atom is -0.501 e. The zero-order valence-corrected chi connectivity index (χ0v) is 36.6. The minimum absolute atomic E-state index is 0. The third-order valence-electron chi connectivity index (χ3n) is 10.4. The van der Waals surface area contributed by atoms with E-state index in [1.165, 1.54) is 23.8 Å². The van der Waals surface area contributed by atoms with Gasteiger partial charge in [0.15, 0.2) is 0 Å². The smallest absolute Gasteiger partial charge is 0.120 e. The van der Waals surface area contributed by atoms with Crippen LogP contribution in [0.5, 0.6) is 0 Å². The minimum atomic E-state index is -2.39. The molecule has 0 fully saturated rings. The van der Waals surface area contributed by atoms with Crippen molar-refractivity contribution in [2.24, 2.45) is 0 Å². The van der Waals surface area contributed by atoms with E-state index < -0.39 is 18.6 Å². The Morgan fingerprint density at radius 2 is 1.47 bits per heavy atom. The fourth-order valence-electron chi connectivity index (χ4n) is 7.35. The molecule has 0 aliphatic carbocycles. The van der Waals surface area contributed by atoms with Gasteiger partial charge in [0.1, 0.15) is 5.58 Å². The Bertz CT molecular complexity index is 3070. The van der Waals surface area contributed by atoms with E-state index in [1.54, 1.807) is 6.07 Å². The Labute approximate surface area is 367 Å². The maximum absolute atomic E-state index is 12.8. The molecule has 9 rings (SSSR count). The molecule has 0 aliphatic rings. The fraction of sp³-hybridized carbons (Fsp3) is 0.208. The molecule has 59 heavy (non-hydrogen) atoms. The number of imidazole rings is 1. The number of hydrogen-bond acceptors (Lipinski definition) is 3. The predicted octanol–water partition coefficient (Wildman–Crippen LogP) is 14.6. The van der Waals surface area contributed by atoms with E-state index in [2.05, 4.69) is 44.0 Å². The van der Waals surface area contributed by atoms with Crippen LogP contribution in [-0.2, 0) is 25.5 Å². The van der Waals surface area contributed by atoms with Crippen molar-refractivity contribution in [3.8, 4) is 39.5 Å². The number of halogens is 1. The summed E-state index contributed by atoms with van der Waals surface area (Å²) in [7, 11) is 0. The Morgan fingerprint density at radius 3 is 2.12 bits per heavy atom. The third-order valence-corrected chi connectivity index (χ3v) is 10.4. The second-order valence-electron chi connectivity index (χ2n) is 16.0. The summed E-state index contributed by atoms with van der Waals surface area (Å²) >= 11 is 0. The number of aromatic nitrogens is 3. The van der Waals surface area contributed by atoms with Gasteiger partial charge in [0.2, 0.25) is 0 Å². The van der Waals surface area contributed by atoms with Gasteiger partial charge in [-0.25, -0.2) is 0 Å². The normalized spacial score (nSPS) is 13.5. The van der Waals surface area contributed by atoms with Crippen molar-refractivity contribution in [2.45, 2.75) is 72.5 Å². The first-order valence-electron chi connectivity index (χ1n) is 21.9. The van der Waals surface area contributed by atoms with Crippen LogP contribution in [0, 0.1) is 24.8 Å². The summed E-state index contributed by atoms with van der Waals surface area (Å²) < 4.78 is 64.9. The molecule has 0 unspecified atom stereocenters. The molecule has 0 saturated heterocycles. The van der Waals surface area contributed by atoms with Gasteiger partial charge < -0.3 is 14.0 Å². The number of furan rings is 1. The summed E-state index contributed by atoms with van der Waals surface area (Å²) in [6.07, 6.45) is 1.87. The van der Waals surface area contributed by atoms with Gasteiger partial charge in [-0.05, 0) is 81.0 Å². The molecular weight excluding hydrogens is 906 g/mol. The molecule has 0 bridgehead atoms. The van der Waals surface area contributed by atoms with Crippen molar-refractivity contribution in [3.05, 3.63) is 174 Å². The number of nitrogens with zero attached hydrogens (tertiary/aromatic N) is 3. The zero-order valence-electron chi connectivity index (χ0n) is 39.2. The average Bonchev–Trinajstić information content (AvgIpc) is 3.82. The van der Waals surface area contributed by atoms with Crippen LogP contribution in [0.4, 0.5) is 4.39 Å². The summed E-state index contributed by atoms with van der Waals surface area (Å²) in [5, 5.41) is 1.21. The Kier molecular flexibility index (Phi) is 10.1. The average molecular weight is 959 g/mol. The molecule has 3 heterocycles. The standard InChI is InChI=1S/C38H33N2O.C15H15FN.Ir/c1-23(2)30-21-27(26-13-7-6-8-14-26)22-31(24(3)4)36(30)40-33-17-11-10-16-32(33)39-38(40)29-20-19-25(5)35-28-15-9-12-18-34(28)41-37(29)35;1-15(2,3)12-6-9-14(17-10-12)11-4-7-13(16)8-5-11;/h6-19,21-24H,1-5H3;4,6-10H,1-3H3;/q2*-1;/i5D3,23D,24D;;. The van der Waals surface area contributed by atoms with E-state index >= 15 is 0 Å². The van der Waals surface area contributed by atoms with Crippen molar-refractivity contribution in [1.82, 2.24) is 14.5 Å². The Morgan fingerprint density at radius 1 is 0.780 bits per heavy atom. The van der Waals surface area contributed by atoms with E-state index in [0.29, 0.717) is 44.5 Å². The quantitative estimate of drug-likeness (QED) is 0.156. The van der Waals surface area contributed by atoms with Crippen molar-refractivity contribution in [1.29, 1.82) is 0 Å². The maximum Gasteiger partial charge on any atom is 0.120 e. The molecule has 3 aromatic heterocycles. The largest absolute Gasteiger partial charge is 0.501 e. The van der Waals surface area contributed by atoms with Crippen molar-refractivity contribution >= 4 is 33.0 Å². The van der Waals surface area contributed by atoms with Gasteiger partial charge in [-0.2, -0.15) is 0 Å². The first-order valence-corrected chi connectivity index (χ1v) is 19.4. The molecule has 1 radical (unpaired) electrons. The second-order valence-corrected chi connectivity index (χ2v) is 16.0. The number of pyridine rings is 1. The van der Waals surface area contributed by atoms with E-state index in [4.69, 9.17) is 13.5 Å². The van der Waals surface area contributed by atoms with Crippen molar-refractivity contribution < 1.29 is 35.8 Å². The summed E-state index contributed by atoms with van der Waals surface area (Å²) in [5.41, 5.74) is 10.1. The van der Waals surface area contributed by atoms with E-state index in [0.717, 1.165) is 39.0 Å². The summed E-state index contributed by atoms with van der Waals surface area (Å²) in [6.45, 7) is 11.5. The van der Waals surface area contributed by atoms with E-state index in [9.17, 15) is 7.13 Å². The SMILES string of the molecule is CC(C)(C)c1ccc(-c2[c-]cc(F)cc2)nc1.[2H]C([2H])([2H])c1c[c-]c(-c2nc3ccccc3n2-c2c(C([2H])(C)C)cc(-c3ccccc3)cc2C([2H])(C)C)c2oc3ccccc3c12.[Ir]. The van der Waals surface area contributed by atoms with Gasteiger partial charge in [0.25, 0.3) is 0 Å². The van der Waals surface area contributed by atoms with Crippen LogP contribution in [0.15, 0.2) is 138 Å². The molecule has 0 N–H and O–H groups in total. The number of benzene rings is 6. The van der Waals surface area contributed by atoms with Gasteiger partial charge in [0, 0.05) is 50.0 Å². The van der Waals surface area contributed by atoms with Crippen LogP contribution in [0.1, 0.15) is 89.4 Å². The van der Waals surface area contributed by atoms with Gasteiger partial charge in [-0.1, -0.05) is 139 Å². The third kappa shape index (κ3) is 8.17. The molecule has 0 spiro atoms. The molecule has 0 atom stereocenters. The van der Waals surface area contributed by atoms with Gasteiger partial charge in [-0.3, -0.25) is 9.37 Å². The molecule has 0 amide bonds. The van der Waals surface area contributed by atoms with Gasteiger partial charge in [-0.15, -0.1) is 47.5 Å². The van der Waals surface area contributed by atoms with Crippen molar-refractivity contribution in [2.75, 3.05) is 0 Å². The second kappa shape index (κ2) is 16.9. The Hall–Kier alpha value is -5.68.